The summed E-state index contributed by atoms with van der Waals surface area (Å²) in [5.41, 5.74) is -2.59. The highest BCUT2D eigenvalue weighted by Gasteiger charge is 2.44. The van der Waals surface area contributed by atoms with Crippen molar-refractivity contribution in [1.82, 2.24) is 25.3 Å². The number of piperidine rings is 1. The predicted octanol–water partition coefficient (Wildman–Crippen LogP) is 3.47. The second-order valence-corrected chi connectivity index (χ2v) is 6.66. The van der Waals surface area contributed by atoms with E-state index in [1.807, 2.05) is 0 Å². The van der Waals surface area contributed by atoms with Crippen LogP contribution < -0.4 is 0 Å². The van der Waals surface area contributed by atoms with Gasteiger partial charge >= 0.3 is 6.18 Å². The number of alkyl halides is 4. The average Bonchev–Trinajstić information content (AvgIpc) is 3.15. The maximum atomic E-state index is 15.4. The van der Waals surface area contributed by atoms with E-state index < -0.39 is 23.3 Å². The lowest BCUT2D eigenvalue weighted by Crippen LogP contribution is -2.44. The average molecular weight is 393 g/mol. The van der Waals surface area contributed by atoms with Gasteiger partial charge in [0.25, 0.3) is 5.91 Å². The molecule has 146 valence electrons. The minimum Gasteiger partial charge on any atom is -0.337 e. The second kappa shape index (κ2) is 6.54. The zero-order valence-electron chi connectivity index (χ0n) is 14.5. The van der Waals surface area contributed by atoms with Gasteiger partial charge in [-0.25, -0.2) is 9.37 Å². The predicted molar refractivity (Wildman–Crippen MR) is 91.1 cm³/mol. The van der Waals surface area contributed by atoms with Crippen molar-refractivity contribution in [3.8, 4) is 0 Å². The van der Waals surface area contributed by atoms with Gasteiger partial charge in [-0.05, 0) is 18.2 Å². The van der Waals surface area contributed by atoms with Gasteiger partial charge < -0.3 is 4.90 Å². The van der Waals surface area contributed by atoms with Gasteiger partial charge in [-0.15, -0.1) is 5.10 Å². The number of aromatic amines is 1. The van der Waals surface area contributed by atoms with Crippen molar-refractivity contribution < 1.29 is 22.4 Å². The van der Waals surface area contributed by atoms with Gasteiger partial charge in [0.05, 0.1) is 5.56 Å². The fourth-order valence-electron chi connectivity index (χ4n) is 3.47. The molecule has 1 aliphatic heterocycles. The smallest absolute Gasteiger partial charge is 0.337 e. The van der Waals surface area contributed by atoms with Crippen LogP contribution in [-0.4, -0.2) is 44.3 Å². The number of pyridine rings is 1. The van der Waals surface area contributed by atoms with Crippen LogP contribution >= 0.6 is 0 Å². The molecule has 3 aromatic rings. The Morgan fingerprint density at radius 3 is 2.50 bits per heavy atom. The van der Waals surface area contributed by atoms with Crippen molar-refractivity contribution in [1.29, 1.82) is 0 Å². The third-order valence-electron chi connectivity index (χ3n) is 4.96. The zero-order valence-corrected chi connectivity index (χ0v) is 14.5. The van der Waals surface area contributed by atoms with E-state index in [1.165, 1.54) is 29.2 Å². The van der Waals surface area contributed by atoms with E-state index >= 15 is 4.39 Å². The molecule has 0 atom stereocenters. The summed E-state index contributed by atoms with van der Waals surface area (Å²) in [7, 11) is 0. The highest BCUT2D eigenvalue weighted by molar-refractivity contribution is 5.94. The largest absolute Gasteiger partial charge is 0.416 e. The number of hydrogen-bond donors (Lipinski definition) is 1. The third-order valence-corrected chi connectivity index (χ3v) is 4.96. The maximum absolute atomic E-state index is 15.4. The van der Waals surface area contributed by atoms with Crippen LogP contribution in [0.25, 0.3) is 11.2 Å². The number of likely N-dealkylation sites (tertiary alicyclic amines) is 1. The number of aromatic nitrogens is 4. The Kier molecular flexibility index (Phi) is 4.28. The molecule has 1 amide bonds. The van der Waals surface area contributed by atoms with Gasteiger partial charge in [-0.1, -0.05) is 18.2 Å². The van der Waals surface area contributed by atoms with Crippen LogP contribution in [0.15, 0.2) is 36.4 Å². The number of rotatable bonds is 2. The van der Waals surface area contributed by atoms with E-state index in [0.29, 0.717) is 5.52 Å². The summed E-state index contributed by atoms with van der Waals surface area (Å²) >= 11 is 0. The van der Waals surface area contributed by atoms with Crippen molar-refractivity contribution in [2.75, 3.05) is 13.1 Å². The number of amides is 1. The first-order valence-corrected chi connectivity index (χ1v) is 8.60. The molecule has 1 N–H and O–H groups in total. The number of carbonyl (C=O) groups excluding carboxylic acids is 1. The molecule has 28 heavy (non-hydrogen) atoms. The molecule has 10 heteroatoms. The Labute approximate surface area is 156 Å². The van der Waals surface area contributed by atoms with Crippen LogP contribution in [0.4, 0.5) is 17.6 Å². The third kappa shape index (κ3) is 3.19. The SMILES string of the molecule is O=C(c1ccc2n[nH]nc2n1)N1CCC(F)(c2ccccc2C(F)(F)F)CC1. The summed E-state index contributed by atoms with van der Waals surface area (Å²) < 4.78 is 55.2. The molecular formula is C18H15F4N5O. The van der Waals surface area contributed by atoms with Crippen LogP contribution in [0.5, 0.6) is 0 Å². The quantitative estimate of drug-likeness (QED) is 0.677. The van der Waals surface area contributed by atoms with Crippen LogP contribution in [-0.2, 0) is 11.8 Å². The highest BCUT2D eigenvalue weighted by atomic mass is 19.4. The Morgan fingerprint density at radius 2 is 1.79 bits per heavy atom. The molecule has 1 aromatic carbocycles. The number of halogens is 4. The summed E-state index contributed by atoms with van der Waals surface area (Å²) in [5, 5.41) is 10.1. The maximum Gasteiger partial charge on any atom is 0.416 e. The monoisotopic (exact) mass is 393 g/mol. The van der Waals surface area contributed by atoms with E-state index in [0.717, 1.165) is 6.07 Å². The number of nitrogens with zero attached hydrogens (tertiary/aromatic N) is 4. The summed E-state index contributed by atoms with van der Waals surface area (Å²) in [6.45, 7) is -0.0277. The van der Waals surface area contributed by atoms with Crippen molar-refractivity contribution in [2.45, 2.75) is 24.7 Å². The highest BCUT2D eigenvalue weighted by Crippen LogP contribution is 2.43. The standard InChI is InChI=1S/C18H15F4N5O/c19-17(11-3-1-2-4-12(11)18(20,21)22)7-9-27(10-8-17)16(28)14-6-5-13-15(23-14)25-26-24-13/h1-6H,7-10H2,(H,23,24,25,26). The molecule has 0 bridgehead atoms. The van der Waals surface area contributed by atoms with Gasteiger partial charge in [0.2, 0.25) is 5.65 Å². The summed E-state index contributed by atoms with van der Waals surface area (Å²) in [5.74, 6) is -0.420. The summed E-state index contributed by atoms with van der Waals surface area (Å²) in [6.07, 6.45) is -5.09. The summed E-state index contributed by atoms with van der Waals surface area (Å²) in [6, 6.07) is 7.75. The van der Waals surface area contributed by atoms with E-state index in [-0.39, 0.29) is 42.8 Å². The lowest BCUT2D eigenvalue weighted by atomic mass is 9.83. The van der Waals surface area contributed by atoms with Crippen LogP contribution in [0.2, 0.25) is 0 Å². The normalized spacial score (nSPS) is 17.1. The first kappa shape index (κ1) is 18.3. The minimum atomic E-state index is -4.64. The molecule has 0 radical (unpaired) electrons. The molecule has 0 unspecified atom stereocenters. The molecule has 4 rings (SSSR count). The number of fused-ring (bicyclic) bond motifs is 1. The molecule has 3 heterocycles. The topological polar surface area (TPSA) is 74.8 Å². The van der Waals surface area contributed by atoms with Crippen molar-refractivity contribution >= 4 is 17.1 Å². The number of hydrogen-bond acceptors (Lipinski definition) is 4. The fraction of sp³-hybridized carbons (Fsp3) is 0.333. The van der Waals surface area contributed by atoms with E-state index in [2.05, 4.69) is 20.4 Å². The van der Waals surface area contributed by atoms with Crippen LogP contribution in [0.1, 0.15) is 34.5 Å². The van der Waals surface area contributed by atoms with E-state index in [1.54, 1.807) is 6.07 Å². The first-order valence-electron chi connectivity index (χ1n) is 8.60. The van der Waals surface area contributed by atoms with E-state index in [4.69, 9.17) is 0 Å². The molecule has 0 aliphatic carbocycles. The second-order valence-electron chi connectivity index (χ2n) is 6.66. The molecular weight excluding hydrogens is 378 g/mol. The Bertz CT molecular complexity index is 1020. The van der Waals surface area contributed by atoms with Gasteiger partial charge in [0.15, 0.2) is 0 Å². The van der Waals surface area contributed by atoms with Crippen LogP contribution in [0.3, 0.4) is 0 Å². The number of benzene rings is 1. The molecule has 2 aromatic heterocycles. The summed E-state index contributed by atoms with van der Waals surface area (Å²) in [4.78, 5) is 18.1. The Morgan fingerprint density at radius 1 is 1.07 bits per heavy atom. The number of nitrogens with one attached hydrogen (secondary N) is 1. The molecule has 1 aliphatic rings. The van der Waals surface area contributed by atoms with Gasteiger partial charge in [0, 0.05) is 31.5 Å². The number of carbonyl (C=O) groups is 1. The van der Waals surface area contributed by atoms with Gasteiger partial charge in [-0.3, -0.25) is 4.79 Å². The molecule has 1 fully saturated rings. The van der Waals surface area contributed by atoms with Crippen molar-refractivity contribution in [3.05, 3.63) is 53.2 Å². The molecule has 6 nitrogen and oxygen atoms in total. The van der Waals surface area contributed by atoms with E-state index in [9.17, 15) is 18.0 Å². The molecule has 0 spiro atoms. The van der Waals surface area contributed by atoms with Crippen molar-refractivity contribution in [2.24, 2.45) is 0 Å². The lowest BCUT2D eigenvalue weighted by molar-refractivity contribution is -0.140. The molecule has 1 saturated heterocycles. The Hall–Kier alpha value is -3.04. The van der Waals surface area contributed by atoms with Crippen molar-refractivity contribution in [3.63, 3.8) is 0 Å². The number of H-pyrrole nitrogens is 1. The van der Waals surface area contributed by atoms with Gasteiger partial charge in [0.1, 0.15) is 16.9 Å². The lowest BCUT2D eigenvalue weighted by Gasteiger charge is -2.37. The fourth-order valence-corrected chi connectivity index (χ4v) is 3.47. The molecule has 0 saturated carbocycles. The van der Waals surface area contributed by atoms with Crippen LogP contribution in [0, 0.1) is 0 Å². The first-order chi connectivity index (χ1) is 13.3. The van der Waals surface area contributed by atoms with Gasteiger partial charge in [-0.2, -0.15) is 23.5 Å². The zero-order chi connectivity index (χ0) is 19.9. The minimum absolute atomic E-state index is 0.0138. The Balaban J connectivity index is 1.53.